The summed E-state index contributed by atoms with van der Waals surface area (Å²) in [5.41, 5.74) is 1.12. The standard InChI is InChI=1S/C17H25ClN4O.HI/c1-19-17(20-13-14-5-4-12-23-14)22-10-8-21(9-11-22)16-7-3-2-6-15(16)18;/h2-3,6-7,14H,4-5,8-13H2,1H3,(H,19,20);1H. The van der Waals surface area contributed by atoms with E-state index in [4.69, 9.17) is 16.3 Å². The van der Waals surface area contributed by atoms with E-state index in [9.17, 15) is 0 Å². The van der Waals surface area contributed by atoms with Crippen molar-refractivity contribution < 1.29 is 4.74 Å². The first-order valence-electron chi connectivity index (χ1n) is 8.34. The number of piperazine rings is 1. The van der Waals surface area contributed by atoms with Gasteiger partial charge in [0.25, 0.3) is 0 Å². The molecule has 1 atom stereocenters. The van der Waals surface area contributed by atoms with E-state index in [-0.39, 0.29) is 24.0 Å². The van der Waals surface area contributed by atoms with Gasteiger partial charge in [0, 0.05) is 46.4 Å². The molecule has 5 nitrogen and oxygen atoms in total. The minimum atomic E-state index is 0. The quantitative estimate of drug-likeness (QED) is 0.424. The summed E-state index contributed by atoms with van der Waals surface area (Å²) < 4.78 is 5.66. The van der Waals surface area contributed by atoms with E-state index in [0.717, 1.165) is 62.4 Å². The summed E-state index contributed by atoms with van der Waals surface area (Å²) in [5, 5.41) is 4.27. The number of halogens is 2. The monoisotopic (exact) mass is 464 g/mol. The summed E-state index contributed by atoms with van der Waals surface area (Å²) in [4.78, 5) is 9.07. The molecule has 24 heavy (non-hydrogen) atoms. The van der Waals surface area contributed by atoms with Crippen molar-refractivity contribution in [2.45, 2.75) is 18.9 Å². The number of nitrogens with zero attached hydrogens (tertiary/aromatic N) is 3. The van der Waals surface area contributed by atoms with Crippen LogP contribution >= 0.6 is 35.6 Å². The van der Waals surface area contributed by atoms with Gasteiger partial charge in [0.2, 0.25) is 0 Å². The predicted molar refractivity (Wildman–Crippen MR) is 111 cm³/mol. The van der Waals surface area contributed by atoms with Gasteiger partial charge in [-0.15, -0.1) is 24.0 Å². The number of ether oxygens (including phenoxy) is 1. The lowest BCUT2D eigenvalue weighted by Crippen LogP contribution is -2.53. The minimum absolute atomic E-state index is 0. The highest BCUT2D eigenvalue weighted by atomic mass is 127. The SMILES string of the molecule is CN=C(NCC1CCCO1)N1CCN(c2ccccc2Cl)CC1.I. The number of para-hydroxylation sites is 1. The summed E-state index contributed by atoms with van der Waals surface area (Å²) >= 11 is 6.30. The van der Waals surface area contributed by atoms with E-state index < -0.39 is 0 Å². The molecule has 0 bridgehead atoms. The van der Waals surface area contributed by atoms with Crippen molar-refractivity contribution in [3.63, 3.8) is 0 Å². The van der Waals surface area contributed by atoms with Gasteiger partial charge in [0.15, 0.2) is 5.96 Å². The molecule has 0 aliphatic carbocycles. The third-order valence-electron chi connectivity index (χ3n) is 4.50. The molecule has 2 saturated heterocycles. The zero-order valence-corrected chi connectivity index (χ0v) is 17.2. The second-order valence-electron chi connectivity index (χ2n) is 5.99. The van der Waals surface area contributed by atoms with Crippen LogP contribution in [-0.2, 0) is 4.74 Å². The Labute approximate surface area is 166 Å². The Kier molecular flexibility index (Phi) is 7.90. The van der Waals surface area contributed by atoms with Crippen LogP contribution < -0.4 is 10.2 Å². The second kappa shape index (κ2) is 9.68. The van der Waals surface area contributed by atoms with Crippen LogP contribution in [0.15, 0.2) is 29.3 Å². The van der Waals surface area contributed by atoms with Crippen molar-refractivity contribution in [2.75, 3.05) is 51.3 Å². The van der Waals surface area contributed by atoms with Crippen LogP contribution in [0.3, 0.4) is 0 Å². The molecule has 2 fully saturated rings. The van der Waals surface area contributed by atoms with Gasteiger partial charge < -0.3 is 19.9 Å². The number of guanidine groups is 1. The maximum Gasteiger partial charge on any atom is 0.193 e. The molecular formula is C17H26ClIN4O. The van der Waals surface area contributed by atoms with E-state index in [1.807, 2.05) is 25.2 Å². The lowest BCUT2D eigenvalue weighted by atomic mass is 10.2. The number of hydrogen-bond acceptors (Lipinski definition) is 3. The molecular weight excluding hydrogens is 439 g/mol. The summed E-state index contributed by atoms with van der Waals surface area (Å²) in [6.07, 6.45) is 2.64. The van der Waals surface area contributed by atoms with Gasteiger partial charge >= 0.3 is 0 Å². The molecule has 1 unspecified atom stereocenters. The third kappa shape index (κ3) is 4.89. The van der Waals surface area contributed by atoms with Crippen molar-refractivity contribution in [2.24, 2.45) is 4.99 Å². The molecule has 134 valence electrons. The summed E-state index contributed by atoms with van der Waals surface area (Å²) in [7, 11) is 1.85. The lowest BCUT2D eigenvalue weighted by Gasteiger charge is -2.38. The van der Waals surface area contributed by atoms with E-state index in [2.05, 4.69) is 26.2 Å². The molecule has 0 spiro atoms. The van der Waals surface area contributed by atoms with Gasteiger partial charge in [0.1, 0.15) is 0 Å². The molecule has 1 aromatic rings. The molecule has 3 rings (SSSR count). The van der Waals surface area contributed by atoms with Crippen molar-refractivity contribution in [1.82, 2.24) is 10.2 Å². The molecule has 2 heterocycles. The van der Waals surface area contributed by atoms with Crippen LogP contribution in [0, 0.1) is 0 Å². The zero-order valence-electron chi connectivity index (χ0n) is 14.1. The highest BCUT2D eigenvalue weighted by Crippen LogP contribution is 2.26. The van der Waals surface area contributed by atoms with Crippen molar-refractivity contribution in [3.05, 3.63) is 29.3 Å². The zero-order chi connectivity index (χ0) is 16.1. The number of rotatable bonds is 3. The largest absolute Gasteiger partial charge is 0.376 e. The fourth-order valence-corrected chi connectivity index (χ4v) is 3.47. The van der Waals surface area contributed by atoms with E-state index in [1.165, 1.54) is 6.42 Å². The Morgan fingerprint density at radius 1 is 1.29 bits per heavy atom. The van der Waals surface area contributed by atoms with Crippen molar-refractivity contribution >= 4 is 47.2 Å². The Hall–Kier alpha value is -0.730. The maximum absolute atomic E-state index is 6.30. The minimum Gasteiger partial charge on any atom is -0.376 e. The first-order chi connectivity index (χ1) is 11.3. The molecule has 2 aliphatic rings. The molecule has 0 aromatic heterocycles. The van der Waals surface area contributed by atoms with Gasteiger partial charge in [-0.25, -0.2) is 0 Å². The normalized spacial score (nSPS) is 21.6. The smallest absolute Gasteiger partial charge is 0.193 e. The Morgan fingerprint density at radius 3 is 2.67 bits per heavy atom. The fraction of sp³-hybridized carbons (Fsp3) is 0.588. The van der Waals surface area contributed by atoms with Gasteiger partial charge in [-0.3, -0.25) is 4.99 Å². The van der Waals surface area contributed by atoms with Crippen LogP contribution in [0.2, 0.25) is 5.02 Å². The lowest BCUT2D eigenvalue weighted by molar-refractivity contribution is 0.113. The number of aliphatic imine (C=N–C) groups is 1. The fourth-order valence-electron chi connectivity index (χ4n) is 3.21. The van der Waals surface area contributed by atoms with Gasteiger partial charge in [-0.2, -0.15) is 0 Å². The highest BCUT2D eigenvalue weighted by Gasteiger charge is 2.22. The van der Waals surface area contributed by atoms with Crippen molar-refractivity contribution in [1.29, 1.82) is 0 Å². The number of benzene rings is 1. The van der Waals surface area contributed by atoms with Crippen LogP contribution in [0.5, 0.6) is 0 Å². The Morgan fingerprint density at radius 2 is 2.04 bits per heavy atom. The average Bonchev–Trinajstić information content (AvgIpc) is 3.10. The first kappa shape index (κ1) is 19.6. The summed E-state index contributed by atoms with van der Waals surface area (Å²) in [6, 6.07) is 8.04. The third-order valence-corrected chi connectivity index (χ3v) is 4.82. The molecule has 7 heteroatoms. The topological polar surface area (TPSA) is 40.1 Å². The number of nitrogens with one attached hydrogen (secondary N) is 1. The number of hydrogen-bond donors (Lipinski definition) is 1. The highest BCUT2D eigenvalue weighted by molar-refractivity contribution is 14.0. The van der Waals surface area contributed by atoms with E-state index >= 15 is 0 Å². The Balaban J connectivity index is 0.00000208. The van der Waals surface area contributed by atoms with E-state index in [1.54, 1.807) is 0 Å². The van der Waals surface area contributed by atoms with Crippen molar-refractivity contribution in [3.8, 4) is 0 Å². The molecule has 0 saturated carbocycles. The number of anilines is 1. The molecule has 0 radical (unpaired) electrons. The average molecular weight is 465 g/mol. The molecule has 1 N–H and O–H groups in total. The summed E-state index contributed by atoms with van der Waals surface area (Å²) in [6.45, 7) is 5.51. The predicted octanol–water partition coefficient (Wildman–Crippen LogP) is 2.83. The maximum atomic E-state index is 6.30. The molecule has 2 aliphatic heterocycles. The molecule has 0 amide bonds. The van der Waals surface area contributed by atoms with E-state index in [0.29, 0.717) is 6.10 Å². The van der Waals surface area contributed by atoms with Gasteiger partial charge in [0.05, 0.1) is 16.8 Å². The van der Waals surface area contributed by atoms with Gasteiger partial charge in [-0.05, 0) is 25.0 Å². The first-order valence-corrected chi connectivity index (χ1v) is 8.72. The second-order valence-corrected chi connectivity index (χ2v) is 6.40. The summed E-state index contributed by atoms with van der Waals surface area (Å²) in [5.74, 6) is 0.972. The van der Waals surface area contributed by atoms with Crippen LogP contribution in [0.4, 0.5) is 5.69 Å². The Bertz CT molecular complexity index is 543. The van der Waals surface area contributed by atoms with Crippen LogP contribution in [0.25, 0.3) is 0 Å². The van der Waals surface area contributed by atoms with Crippen LogP contribution in [0.1, 0.15) is 12.8 Å². The molecule has 1 aromatic carbocycles. The van der Waals surface area contributed by atoms with Crippen LogP contribution in [-0.4, -0.2) is 63.3 Å². The van der Waals surface area contributed by atoms with Gasteiger partial charge in [-0.1, -0.05) is 23.7 Å².